The van der Waals surface area contributed by atoms with Crippen molar-refractivity contribution in [3.05, 3.63) is 119 Å². The Morgan fingerprint density at radius 3 is 2.44 bits per heavy atom. The summed E-state index contributed by atoms with van der Waals surface area (Å²) in [4.78, 5) is 18.5. The van der Waals surface area contributed by atoms with Gasteiger partial charge in [0.05, 0.1) is 23.9 Å². The molecule has 0 radical (unpaired) electrons. The second-order valence-corrected chi connectivity index (χ2v) is 8.99. The van der Waals surface area contributed by atoms with Crippen molar-refractivity contribution in [3.8, 4) is 5.75 Å². The third-order valence-corrected chi connectivity index (χ3v) is 6.84. The van der Waals surface area contributed by atoms with Crippen LogP contribution in [0.25, 0.3) is 33.3 Å². The number of fused-ring (bicyclic) bond motifs is 3. The third-order valence-electron chi connectivity index (χ3n) is 6.84. The standard InChI is InChI=1S/C32H25NO3/c1-35-25-16-13-21(14-17-25)19-23-15-18-28-30(27-11-4-5-12-29(27)33-31(23)28)32(34)36-20-24-9-6-8-22-7-2-3-10-26(22)24/h2-14,16-17,19H,15,18,20H2,1H3. The number of rotatable bonds is 5. The van der Waals surface area contributed by atoms with Crippen LogP contribution in [0.5, 0.6) is 5.75 Å². The van der Waals surface area contributed by atoms with Crippen LogP contribution in [0.3, 0.4) is 0 Å². The van der Waals surface area contributed by atoms with Crippen LogP contribution in [0.2, 0.25) is 0 Å². The minimum atomic E-state index is -0.302. The van der Waals surface area contributed by atoms with Crippen molar-refractivity contribution in [1.29, 1.82) is 0 Å². The summed E-state index contributed by atoms with van der Waals surface area (Å²) in [7, 11) is 1.66. The average molecular weight is 472 g/mol. The van der Waals surface area contributed by atoms with E-state index in [4.69, 9.17) is 14.5 Å². The number of aromatic nitrogens is 1. The quantitative estimate of drug-likeness (QED) is 0.254. The van der Waals surface area contributed by atoms with Crippen molar-refractivity contribution in [2.45, 2.75) is 19.4 Å². The number of nitrogens with zero attached hydrogens (tertiary/aromatic N) is 1. The van der Waals surface area contributed by atoms with Crippen molar-refractivity contribution >= 4 is 39.3 Å². The van der Waals surface area contributed by atoms with Gasteiger partial charge in [-0.3, -0.25) is 0 Å². The molecule has 4 aromatic carbocycles. The van der Waals surface area contributed by atoms with Crippen LogP contribution in [0, 0.1) is 0 Å². The zero-order chi connectivity index (χ0) is 24.5. The number of carbonyl (C=O) groups excluding carboxylic acids is 1. The number of esters is 1. The maximum Gasteiger partial charge on any atom is 0.339 e. The van der Waals surface area contributed by atoms with Gasteiger partial charge < -0.3 is 9.47 Å². The van der Waals surface area contributed by atoms with E-state index in [0.717, 1.165) is 68.2 Å². The zero-order valence-electron chi connectivity index (χ0n) is 20.0. The number of ether oxygens (including phenoxy) is 2. The molecule has 0 atom stereocenters. The summed E-state index contributed by atoms with van der Waals surface area (Å²) < 4.78 is 11.2. The van der Waals surface area contributed by atoms with E-state index in [1.165, 1.54) is 0 Å². The second kappa shape index (κ2) is 9.31. The smallest absolute Gasteiger partial charge is 0.339 e. The Bertz CT molecular complexity index is 1630. The molecule has 176 valence electrons. The summed E-state index contributed by atoms with van der Waals surface area (Å²) in [6.07, 6.45) is 3.74. The van der Waals surface area contributed by atoms with Gasteiger partial charge in [-0.1, -0.05) is 72.8 Å². The van der Waals surface area contributed by atoms with E-state index in [1.54, 1.807) is 7.11 Å². The number of benzene rings is 4. The van der Waals surface area contributed by atoms with E-state index < -0.39 is 0 Å². The molecule has 0 unspecified atom stereocenters. The van der Waals surface area contributed by atoms with E-state index in [0.29, 0.717) is 5.56 Å². The number of allylic oxidation sites excluding steroid dienone is 1. The molecule has 4 nitrogen and oxygen atoms in total. The Kier molecular flexibility index (Phi) is 5.70. The van der Waals surface area contributed by atoms with E-state index in [2.05, 4.69) is 24.3 Å². The van der Waals surface area contributed by atoms with E-state index in [1.807, 2.05) is 72.8 Å². The summed E-state index contributed by atoms with van der Waals surface area (Å²) in [5.74, 6) is 0.521. The Morgan fingerprint density at radius 2 is 1.61 bits per heavy atom. The number of para-hydroxylation sites is 1. The van der Waals surface area contributed by atoms with Crippen LogP contribution < -0.4 is 4.74 Å². The van der Waals surface area contributed by atoms with Crippen LogP contribution in [0.15, 0.2) is 91.0 Å². The van der Waals surface area contributed by atoms with Crippen molar-refractivity contribution < 1.29 is 14.3 Å². The molecule has 1 aliphatic rings. The van der Waals surface area contributed by atoms with Gasteiger partial charge in [-0.15, -0.1) is 0 Å². The Hall–Kier alpha value is -4.44. The summed E-state index contributed by atoms with van der Waals surface area (Å²) in [5.41, 5.74) is 6.50. The first-order valence-electron chi connectivity index (χ1n) is 12.1. The summed E-state index contributed by atoms with van der Waals surface area (Å²) in [5, 5.41) is 3.07. The van der Waals surface area contributed by atoms with Gasteiger partial charge in [0, 0.05) is 5.39 Å². The first-order valence-corrected chi connectivity index (χ1v) is 12.1. The summed E-state index contributed by atoms with van der Waals surface area (Å²) in [6.45, 7) is 0.222. The molecule has 0 bridgehead atoms. The summed E-state index contributed by atoms with van der Waals surface area (Å²) >= 11 is 0. The highest BCUT2D eigenvalue weighted by Crippen LogP contribution is 2.38. The first kappa shape index (κ1) is 22.1. The fourth-order valence-electron chi connectivity index (χ4n) is 5.05. The molecule has 0 saturated carbocycles. The molecule has 0 spiro atoms. The highest BCUT2D eigenvalue weighted by molar-refractivity contribution is 6.07. The van der Waals surface area contributed by atoms with Gasteiger partial charge in [-0.2, -0.15) is 0 Å². The molecule has 36 heavy (non-hydrogen) atoms. The lowest BCUT2D eigenvalue weighted by Gasteiger charge is -2.13. The van der Waals surface area contributed by atoms with Gasteiger partial charge in [0.25, 0.3) is 0 Å². The molecule has 6 rings (SSSR count). The SMILES string of the molecule is COc1ccc(C=C2CCc3c2nc2ccccc2c3C(=O)OCc2cccc3ccccc23)cc1. The van der Waals surface area contributed by atoms with Gasteiger partial charge in [-0.05, 0) is 70.2 Å². The fourth-order valence-corrected chi connectivity index (χ4v) is 5.05. The molecule has 0 fully saturated rings. The number of hydrogen-bond acceptors (Lipinski definition) is 4. The average Bonchev–Trinajstić information content (AvgIpc) is 3.32. The van der Waals surface area contributed by atoms with E-state index in [-0.39, 0.29) is 12.6 Å². The van der Waals surface area contributed by atoms with E-state index >= 15 is 0 Å². The Balaban J connectivity index is 1.37. The van der Waals surface area contributed by atoms with Crippen LogP contribution in [0.1, 0.15) is 39.2 Å². The molecule has 0 amide bonds. The highest BCUT2D eigenvalue weighted by atomic mass is 16.5. The molecule has 1 heterocycles. The van der Waals surface area contributed by atoms with Gasteiger partial charge in [0.2, 0.25) is 0 Å². The zero-order valence-corrected chi connectivity index (χ0v) is 20.0. The molecular weight excluding hydrogens is 446 g/mol. The molecular formula is C32H25NO3. The van der Waals surface area contributed by atoms with Crippen LogP contribution >= 0.6 is 0 Å². The van der Waals surface area contributed by atoms with Crippen molar-refractivity contribution in [3.63, 3.8) is 0 Å². The van der Waals surface area contributed by atoms with Crippen molar-refractivity contribution in [2.75, 3.05) is 7.11 Å². The largest absolute Gasteiger partial charge is 0.497 e. The van der Waals surface area contributed by atoms with Crippen LogP contribution in [-0.2, 0) is 17.8 Å². The topological polar surface area (TPSA) is 48.4 Å². The predicted octanol–water partition coefficient (Wildman–Crippen LogP) is 7.24. The van der Waals surface area contributed by atoms with Crippen molar-refractivity contribution in [1.82, 2.24) is 4.98 Å². The predicted molar refractivity (Wildman–Crippen MR) is 144 cm³/mol. The normalized spacial score (nSPS) is 13.8. The van der Waals surface area contributed by atoms with Gasteiger partial charge in [-0.25, -0.2) is 9.78 Å². The number of carbonyl (C=O) groups is 1. The Morgan fingerprint density at radius 1 is 0.861 bits per heavy atom. The van der Waals surface area contributed by atoms with Crippen molar-refractivity contribution in [2.24, 2.45) is 0 Å². The molecule has 4 heteroatoms. The Labute approximate surface area is 209 Å². The number of hydrogen-bond donors (Lipinski definition) is 0. The lowest BCUT2D eigenvalue weighted by molar-refractivity contribution is 0.0475. The maximum atomic E-state index is 13.6. The highest BCUT2D eigenvalue weighted by Gasteiger charge is 2.27. The molecule has 5 aromatic rings. The summed E-state index contributed by atoms with van der Waals surface area (Å²) in [6, 6.07) is 30.0. The van der Waals surface area contributed by atoms with Gasteiger partial charge >= 0.3 is 5.97 Å². The number of pyridine rings is 1. The molecule has 0 N–H and O–H groups in total. The lowest BCUT2D eigenvalue weighted by atomic mass is 10.0. The minimum absolute atomic E-state index is 0.222. The molecule has 0 saturated heterocycles. The lowest BCUT2D eigenvalue weighted by Crippen LogP contribution is -2.10. The monoisotopic (exact) mass is 471 g/mol. The van der Waals surface area contributed by atoms with E-state index in [9.17, 15) is 4.79 Å². The minimum Gasteiger partial charge on any atom is -0.497 e. The molecule has 1 aromatic heterocycles. The van der Waals surface area contributed by atoms with Crippen LogP contribution in [-0.4, -0.2) is 18.1 Å². The first-order chi connectivity index (χ1) is 17.7. The number of methoxy groups -OCH3 is 1. The molecule has 0 aliphatic heterocycles. The fraction of sp³-hybridized carbons (Fsp3) is 0.125. The molecule has 1 aliphatic carbocycles. The van der Waals surface area contributed by atoms with Crippen LogP contribution in [0.4, 0.5) is 0 Å². The van der Waals surface area contributed by atoms with Gasteiger partial charge in [0.15, 0.2) is 0 Å². The maximum absolute atomic E-state index is 13.6. The second-order valence-electron chi connectivity index (χ2n) is 8.99. The van der Waals surface area contributed by atoms with Gasteiger partial charge in [0.1, 0.15) is 12.4 Å². The third kappa shape index (κ3) is 4.01.